The van der Waals surface area contributed by atoms with Crippen molar-refractivity contribution in [3.8, 4) is 17.1 Å². The van der Waals surface area contributed by atoms with Crippen molar-refractivity contribution in [2.75, 3.05) is 43.6 Å². The lowest BCUT2D eigenvalue weighted by Crippen LogP contribution is -2.52. The lowest BCUT2D eigenvalue weighted by Gasteiger charge is -2.34. The van der Waals surface area contributed by atoms with E-state index in [1.807, 2.05) is 4.90 Å². The van der Waals surface area contributed by atoms with Crippen molar-refractivity contribution in [1.82, 2.24) is 25.3 Å². The van der Waals surface area contributed by atoms with Gasteiger partial charge in [-0.25, -0.2) is 32.5 Å². The number of aromatic nitrogens is 4. The molecule has 0 unspecified atom stereocenters. The number of nitrogens with zero attached hydrogens (tertiary/aromatic N) is 5. The molecule has 0 amide bonds. The summed E-state index contributed by atoms with van der Waals surface area (Å²) in [6.45, 7) is 0.998. The number of pyridine rings is 2. The zero-order valence-corrected chi connectivity index (χ0v) is 19.1. The minimum Gasteiger partial charge on any atom is -0.494 e. The highest BCUT2D eigenvalue weighted by Crippen LogP contribution is 2.34. The standard InChI is InChI=1S/C24H21F4N7O/c1-36-18-11-29-10-17-20(18)24(35-7-6-30-14(9-25)12-35)34-23(32-17)13-4-5-31-19(8-13)33-22-16(27)3-2-15(26)21(22)28/h2-5,8,10-11,14,30H,6-7,9,12H2,1H3,(H,31,33)/t14-/m0/s1. The Hall–Kier alpha value is -4.06. The maximum atomic E-state index is 14.2. The molecular weight excluding hydrogens is 478 g/mol. The quantitative estimate of drug-likeness (QED) is 0.304. The molecule has 36 heavy (non-hydrogen) atoms. The Bertz CT molecular complexity index is 1420. The number of hydrogen-bond donors (Lipinski definition) is 2. The molecule has 1 fully saturated rings. The molecule has 5 rings (SSSR count). The number of hydrogen-bond acceptors (Lipinski definition) is 8. The van der Waals surface area contributed by atoms with Gasteiger partial charge in [0.25, 0.3) is 0 Å². The Balaban J connectivity index is 1.59. The largest absolute Gasteiger partial charge is 0.494 e. The van der Waals surface area contributed by atoms with Crippen molar-refractivity contribution >= 4 is 28.2 Å². The number of benzene rings is 1. The van der Waals surface area contributed by atoms with Gasteiger partial charge in [-0.3, -0.25) is 4.98 Å². The number of anilines is 3. The Labute approximate surface area is 203 Å². The van der Waals surface area contributed by atoms with Crippen LogP contribution in [0.2, 0.25) is 0 Å². The number of nitrogens with one attached hydrogen (secondary N) is 2. The average Bonchev–Trinajstić information content (AvgIpc) is 2.92. The molecule has 12 heteroatoms. The second-order valence-electron chi connectivity index (χ2n) is 8.13. The van der Waals surface area contributed by atoms with Gasteiger partial charge in [0.05, 0.1) is 36.4 Å². The van der Waals surface area contributed by atoms with E-state index in [1.165, 1.54) is 19.4 Å². The van der Waals surface area contributed by atoms with Crippen molar-refractivity contribution in [2.24, 2.45) is 0 Å². The number of ether oxygens (including phenoxy) is 1. The number of halogens is 4. The SMILES string of the molecule is COc1cncc2nc(-c3ccnc(Nc4c(F)ccc(F)c4F)c3)nc(N3CCN[C@@H](CF)C3)c12. The topological polar surface area (TPSA) is 88.1 Å². The molecule has 4 heterocycles. The van der Waals surface area contributed by atoms with Crippen molar-refractivity contribution in [2.45, 2.75) is 6.04 Å². The molecule has 186 valence electrons. The van der Waals surface area contributed by atoms with E-state index in [1.54, 1.807) is 18.5 Å². The third kappa shape index (κ3) is 4.47. The van der Waals surface area contributed by atoms with E-state index in [9.17, 15) is 17.6 Å². The second kappa shape index (κ2) is 9.90. The van der Waals surface area contributed by atoms with E-state index < -0.39 is 29.8 Å². The van der Waals surface area contributed by atoms with Gasteiger partial charge in [0.1, 0.15) is 35.6 Å². The molecule has 1 aliphatic heterocycles. The second-order valence-corrected chi connectivity index (χ2v) is 8.13. The molecule has 0 aliphatic carbocycles. The molecule has 0 bridgehead atoms. The first-order valence-electron chi connectivity index (χ1n) is 11.1. The summed E-state index contributed by atoms with van der Waals surface area (Å²) in [6.07, 6.45) is 4.53. The lowest BCUT2D eigenvalue weighted by atomic mass is 10.1. The number of rotatable bonds is 6. The van der Waals surface area contributed by atoms with Crippen molar-refractivity contribution in [1.29, 1.82) is 0 Å². The van der Waals surface area contributed by atoms with Gasteiger partial charge in [0.15, 0.2) is 17.5 Å². The Kier molecular flexibility index (Phi) is 6.51. The third-order valence-corrected chi connectivity index (χ3v) is 5.83. The van der Waals surface area contributed by atoms with Crippen LogP contribution in [0.5, 0.6) is 5.75 Å². The van der Waals surface area contributed by atoms with Crippen LogP contribution >= 0.6 is 0 Å². The molecule has 4 aromatic rings. The first kappa shape index (κ1) is 23.7. The highest BCUT2D eigenvalue weighted by Gasteiger charge is 2.25. The first-order valence-corrected chi connectivity index (χ1v) is 11.1. The molecule has 2 N–H and O–H groups in total. The van der Waals surface area contributed by atoms with E-state index in [0.29, 0.717) is 53.7 Å². The van der Waals surface area contributed by atoms with Crippen LogP contribution in [0.4, 0.5) is 34.9 Å². The smallest absolute Gasteiger partial charge is 0.185 e. The molecule has 1 aromatic carbocycles. The zero-order chi connectivity index (χ0) is 25.2. The van der Waals surface area contributed by atoms with Crippen LogP contribution in [0.25, 0.3) is 22.3 Å². The number of fused-ring (bicyclic) bond motifs is 1. The summed E-state index contributed by atoms with van der Waals surface area (Å²) in [5, 5.41) is 6.25. The van der Waals surface area contributed by atoms with Crippen LogP contribution in [0, 0.1) is 17.5 Å². The number of piperazine rings is 1. The predicted octanol–water partition coefficient (Wildman–Crippen LogP) is 4.00. The minimum atomic E-state index is -1.36. The van der Waals surface area contributed by atoms with Crippen molar-refractivity contribution in [3.05, 3.63) is 60.3 Å². The van der Waals surface area contributed by atoms with E-state index in [4.69, 9.17) is 9.72 Å². The van der Waals surface area contributed by atoms with Gasteiger partial charge >= 0.3 is 0 Å². The summed E-state index contributed by atoms with van der Waals surface area (Å²) in [5.74, 6) is -2.16. The summed E-state index contributed by atoms with van der Waals surface area (Å²) in [5.41, 5.74) is 0.317. The number of methoxy groups -OCH3 is 1. The predicted molar refractivity (Wildman–Crippen MR) is 127 cm³/mol. The molecule has 0 radical (unpaired) electrons. The van der Waals surface area contributed by atoms with Gasteiger partial charge in [-0.15, -0.1) is 0 Å². The normalized spacial score (nSPS) is 15.8. The summed E-state index contributed by atoms with van der Waals surface area (Å²) in [4.78, 5) is 19.6. The Morgan fingerprint density at radius 1 is 1.14 bits per heavy atom. The summed E-state index contributed by atoms with van der Waals surface area (Å²) in [7, 11) is 1.52. The monoisotopic (exact) mass is 499 g/mol. The number of alkyl halides is 1. The zero-order valence-electron chi connectivity index (χ0n) is 19.1. The van der Waals surface area contributed by atoms with Crippen LogP contribution in [-0.4, -0.2) is 59.4 Å². The molecule has 8 nitrogen and oxygen atoms in total. The highest BCUT2D eigenvalue weighted by atomic mass is 19.2. The molecule has 0 saturated carbocycles. The molecule has 1 atom stereocenters. The van der Waals surface area contributed by atoms with E-state index in [-0.39, 0.29) is 17.7 Å². The maximum absolute atomic E-state index is 14.2. The average molecular weight is 499 g/mol. The van der Waals surface area contributed by atoms with Crippen LogP contribution in [0.1, 0.15) is 0 Å². The van der Waals surface area contributed by atoms with E-state index >= 15 is 0 Å². The van der Waals surface area contributed by atoms with E-state index in [0.717, 1.165) is 6.07 Å². The van der Waals surface area contributed by atoms with Crippen LogP contribution in [0.15, 0.2) is 42.9 Å². The van der Waals surface area contributed by atoms with Gasteiger partial charge in [0, 0.05) is 31.4 Å². The van der Waals surface area contributed by atoms with Crippen LogP contribution in [0.3, 0.4) is 0 Å². The fourth-order valence-electron chi connectivity index (χ4n) is 4.08. The van der Waals surface area contributed by atoms with Gasteiger partial charge in [-0.05, 0) is 24.3 Å². The summed E-state index contributed by atoms with van der Waals surface area (Å²) in [6, 6.07) is 4.29. The fourth-order valence-corrected chi connectivity index (χ4v) is 4.08. The molecule has 0 spiro atoms. The van der Waals surface area contributed by atoms with E-state index in [2.05, 4.69) is 25.6 Å². The first-order chi connectivity index (χ1) is 17.5. The summed E-state index contributed by atoms with van der Waals surface area (Å²) < 4.78 is 60.8. The van der Waals surface area contributed by atoms with Gasteiger partial charge in [-0.2, -0.15) is 0 Å². The Morgan fingerprint density at radius 3 is 2.78 bits per heavy atom. The maximum Gasteiger partial charge on any atom is 0.185 e. The van der Waals surface area contributed by atoms with Crippen molar-refractivity contribution < 1.29 is 22.3 Å². The van der Waals surface area contributed by atoms with Crippen molar-refractivity contribution in [3.63, 3.8) is 0 Å². The molecule has 3 aromatic heterocycles. The highest BCUT2D eigenvalue weighted by molar-refractivity contribution is 5.95. The lowest BCUT2D eigenvalue weighted by molar-refractivity contribution is 0.352. The Morgan fingerprint density at radius 2 is 1.97 bits per heavy atom. The molecule has 1 aliphatic rings. The molecule has 1 saturated heterocycles. The van der Waals surface area contributed by atoms with Crippen LogP contribution < -0.4 is 20.3 Å². The van der Waals surface area contributed by atoms with Gasteiger partial charge in [0.2, 0.25) is 0 Å². The minimum absolute atomic E-state index is 0.0598. The summed E-state index contributed by atoms with van der Waals surface area (Å²) >= 11 is 0. The van der Waals surface area contributed by atoms with Crippen LogP contribution in [-0.2, 0) is 0 Å². The van der Waals surface area contributed by atoms with Gasteiger partial charge in [-0.1, -0.05) is 0 Å². The third-order valence-electron chi connectivity index (χ3n) is 5.83. The fraction of sp³-hybridized carbons (Fsp3) is 0.250. The molecular formula is C24H21F4N7O. The van der Waals surface area contributed by atoms with Gasteiger partial charge < -0.3 is 20.3 Å².